The Morgan fingerprint density at radius 1 is 0.946 bits per heavy atom. The van der Waals surface area contributed by atoms with E-state index in [0.717, 1.165) is 48.3 Å². The van der Waals surface area contributed by atoms with E-state index in [4.69, 9.17) is 4.74 Å². The molecule has 2 nitrogen and oxygen atoms in total. The fraction of sp³-hybridized carbons (Fsp3) is 0.914. The molecular weight excluding hydrogens is 452 g/mol. The first-order chi connectivity index (χ1) is 17.7. The van der Waals surface area contributed by atoms with Crippen molar-refractivity contribution in [2.24, 2.45) is 52.3 Å². The second-order valence-corrected chi connectivity index (χ2v) is 15.4. The fourth-order valence-electron chi connectivity index (χ4n) is 10.6. The molecule has 0 saturated heterocycles. The van der Waals surface area contributed by atoms with Crippen molar-refractivity contribution in [1.29, 1.82) is 0 Å². The summed E-state index contributed by atoms with van der Waals surface area (Å²) in [4.78, 5) is 12.8. The number of hydrogen-bond acceptors (Lipinski definition) is 2. The van der Waals surface area contributed by atoms with Crippen LogP contribution in [0.2, 0.25) is 0 Å². The minimum Gasteiger partial charge on any atom is -0.462 e. The largest absolute Gasteiger partial charge is 0.462 e. The summed E-state index contributed by atoms with van der Waals surface area (Å²) in [6, 6.07) is 0. The summed E-state index contributed by atoms with van der Waals surface area (Å²) in [5.41, 5.74) is 2.55. The Balaban J connectivity index is 1.20. The first-order valence-corrected chi connectivity index (χ1v) is 16.6. The Morgan fingerprint density at radius 2 is 1.73 bits per heavy atom. The molecule has 0 aromatic heterocycles. The van der Waals surface area contributed by atoms with E-state index < -0.39 is 0 Å². The summed E-state index contributed by atoms with van der Waals surface area (Å²) in [7, 11) is 0. The Hall–Kier alpha value is -0.790. The lowest BCUT2D eigenvalue weighted by Gasteiger charge is -2.58. The molecule has 2 heteroatoms. The summed E-state index contributed by atoms with van der Waals surface area (Å²) < 4.78 is 6.12. The molecule has 5 rings (SSSR count). The van der Waals surface area contributed by atoms with Gasteiger partial charge in [-0.05, 0) is 110 Å². The first kappa shape index (κ1) is 27.8. The molecule has 5 aliphatic rings. The Labute approximate surface area is 229 Å². The highest BCUT2D eigenvalue weighted by molar-refractivity contribution is 5.70. The number of allylic oxidation sites excluding steroid dienone is 1. The number of fused-ring (bicyclic) bond motifs is 5. The number of carbonyl (C=O) groups excluding carboxylic acids is 1. The topological polar surface area (TPSA) is 26.3 Å². The highest BCUT2D eigenvalue weighted by Crippen LogP contribution is 2.67. The van der Waals surface area contributed by atoms with Crippen molar-refractivity contribution in [1.82, 2.24) is 0 Å². The third-order valence-electron chi connectivity index (χ3n) is 12.7. The Morgan fingerprint density at radius 3 is 2.49 bits per heavy atom. The van der Waals surface area contributed by atoms with Crippen LogP contribution in [0, 0.1) is 52.3 Å². The van der Waals surface area contributed by atoms with Crippen molar-refractivity contribution >= 4 is 5.97 Å². The lowest BCUT2D eigenvalue weighted by atomic mass is 9.47. The molecule has 0 aromatic carbocycles. The minimum absolute atomic E-state index is 0.0859. The SMILES string of the molecule is CC(C)CCC[C@@H](C)[C@@H]1CC[C@H]2[C@H]3CC=C4C[C@@H](OC(=O)CC5CCCCC5)CC[C@]4(C)[C@@H]3CC[C@@]21C. The van der Waals surface area contributed by atoms with E-state index >= 15 is 0 Å². The monoisotopic (exact) mass is 510 g/mol. The van der Waals surface area contributed by atoms with E-state index in [1.165, 1.54) is 89.9 Å². The van der Waals surface area contributed by atoms with Gasteiger partial charge in [0.05, 0.1) is 0 Å². The van der Waals surface area contributed by atoms with Crippen LogP contribution in [0.25, 0.3) is 0 Å². The summed E-state index contributed by atoms with van der Waals surface area (Å²) >= 11 is 0. The molecule has 210 valence electrons. The van der Waals surface area contributed by atoms with Crippen LogP contribution in [-0.4, -0.2) is 12.1 Å². The van der Waals surface area contributed by atoms with E-state index in [0.29, 0.717) is 23.2 Å². The van der Waals surface area contributed by atoms with Crippen LogP contribution in [0.4, 0.5) is 0 Å². The minimum atomic E-state index is 0.0859. The van der Waals surface area contributed by atoms with Crippen LogP contribution < -0.4 is 0 Å². The third-order valence-corrected chi connectivity index (χ3v) is 12.7. The zero-order valence-corrected chi connectivity index (χ0v) is 25.0. The lowest BCUT2D eigenvalue weighted by Crippen LogP contribution is -2.51. The van der Waals surface area contributed by atoms with Gasteiger partial charge < -0.3 is 4.74 Å². The van der Waals surface area contributed by atoms with Gasteiger partial charge in [-0.25, -0.2) is 0 Å². The van der Waals surface area contributed by atoms with E-state index in [2.05, 4.69) is 40.7 Å². The van der Waals surface area contributed by atoms with Gasteiger partial charge in [-0.3, -0.25) is 4.79 Å². The number of carbonyl (C=O) groups is 1. The van der Waals surface area contributed by atoms with Crippen molar-refractivity contribution in [3.8, 4) is 0 Å². The summed E-state index contributed by atoms with van der Waals surface area (Å²) in [5, 5.41) is 0. The zero-order chi connectivity index (χ0) is 26.2. The van der Waals surface area contributed by atoms with Gasteiger partial charge in [0.25, 0.3) is 0 Å². The van der Waals surface area contributed by atoms with Crippen LogP contribution in [0.3, 0.4) is 0 Å². The summed E-state index contributed by atoms with van der Waals surface area (Å²) in [6.45, 7) is 12.6. The van der Waals surface area contributed by atoms with Crippen molar-refractivity contribution in [2.45, 2.75) is 150 Å². The van der Waals surface area contributed by atoms with Crippen LogP contribution in [0.5, 0.6) is 0 Å². The van der Waals surface area contributed by atoms with Gasteiger partial charge in [0, 0.05) is 12.8 Å². The smallest absolute Gasteiger partial charge is 0.306 e. The number of hydrogen-bond donors (Lipinski definition) is 0. The molecule has 4 saturated carbocycles. The molecule has 37 heavy (non-hydrogen) atoms. The highest BCUT2D eigenvalue weighted by atomic mass is 16.5. The molecule has 8 atom stereocenters. The van der Waals surface area contributed by atoms with Gasteiger partial charge in [-0.15, -0.1) is 0 Å². The highest BCUT2D eigenvalue weighted by Gasteiger charge is 2.59. The molecule has 0 unspecified atom stereocenters. The van der Waals surface area contributed by atoms with Crippen LogP contribution in [0.1, 0.15) is 144 Å². The molecule has 0 bridgehead atoms. The quantitative estimate of drug-likeness (QED) is 0.240. The van der Waals surface area contributed by atoms with Gasteiger partial charge >= 0.3 is 5.97 Å². The van der Waals surface area contributed by atoms with Crippen LogP contribution in [0.15, 0.2) is 11.6 Å². The maximum absolute atomic E-state index is 12.8. The van der Waals surface area contributed by atoms with E-state index in [1.54, 1.807) is 5.57 Å². The number of esters is 1. The molecule has 0 aromatic rings. The molecule has 0 aliphatic heterocycles. The summed E-state index contributed by atoms with van der Waals surface area (Å²) in [5.74, 6) is 5.97. The predicted molar refractivity (Wildman–Crippen MR) is 154 cm³/mol. The molecular formula is C35H58O2. The Bertz CT molecular complexity index is 821. The molecule has 0 N–H and O–H groups in total. The average Bonchev–Trinajstić information content (AvgIpc) is 3.22. The van der Waals surface area contributed by atoms with Gasteiger partial charge in [0.2, 0.25) is 0 Å². The van der Waals surface area contributed by atoms with Crippen molar-refractivity contribution in [3.63, 3.8) is 0 Å². The molecule has 0 spiro atoms. The summed E-state index contributed by atoms with van der Waals surface area (Å²) in [6.07, 6.45) is 24.5. The average molecular weight is 511 g/mol. The maximum Gasteiger partial charge on any atom is 0.306 e. The van der Waals surface area contributed by atoms with Crippen molar-refractivity contribution in [2.75, 3.05) is 0 Å². The van der Waals surface area contributed by atoms with Crippen molar-refractivity contribution < 1.29 is 9.53 Å². The number of ether oxygens (including phenoxy) is 1. The second-order valence-electron chi connectivity index (χ2n) is 15.4. The second kappa shape index (κ2) is 11.4. The molecule has 0 radical (unpaired) electrons. The van der Waals surface area contributed by atoms with Crippen LogP contribution in [-0.2, 0) is 9.53 Å². The van der Waals surface area contributed by atoms with E-state index in [1.807, 2.05) is 0 Å². The fourth-order valence-corrected chi connectivity index (χ4v) is 10.6. The molecule has 5 aliphatic carbocycles. The molecule has 0 heterocycles. The van der Waals surface area contributed by atoms with Crippen molar-refractivity contribution in [3.05, 3.63) is 11.6 Å². The van der Waals surface area contributed by atoms with Crippen LogP contribution >= 0.6 is 0 Å². The van der Waals surface area contributed by atoms with Gasteiger partial charge in [-0.1, -0.05) is 84.8 Å². The van der Waals surface area contributed by atoms with Gasteiger partial charge in [-0.2, -0.15) is 0 Å². The van der Waals surface area contributed by atoms with Gasteiger partial charge in [0.1, 0.15) is 6.10 Å². The maximum atomic E-state index is 12.8. The Kier molecular flexibility index (Phi) is 8.53. The third kappa shape index (κ3) is 5.61. The lowest BCUT2D eigenvalue weighted by molar-refractivity contribution is -0.153. The standard InChI is InChI=1S/C35H58O2/c1-24(2)10-9-11-25(3)30-16-17-31-29-15-14-27-23-28(37-33(36)22-26-12-7-6-8-13-26)18-20-34(27,4)32(29)19-21-35(30,31)5/h14,24-26,28-32H,6-13,15-23H2,1-5H3/t25-,28+,29-,30+,31+,32-,34+,35-/m1/s1. The predicted octanol–water partition coefficient (Wildman–Crippen LogP) is 9.91. The first-order valence-electron chi connectivity index (χ1n) is 16.6. The van der Waals surface area contributed by atoms with E-state index in [-0.39, 0.29) is 12.1 Å². The van der Waals surface area contributed by atoms with E-state index in [9.17, 15) is 4.79 Å². The van der Waals surface area contributed by atoms with Gasteiger partial charge in [0.15, 0.2) is 0 Å². The zero-order valence-electron chi connectivity index (χ0n) is 25.0. The molecule has 0 amide bonds. The number of rotatable bonds is 8. The molecule has 4 fully saturated rings. The normalized spacial score (nSPS) is 40.9.